The number of fused-ring (bicyclic) bond motifs is 9. The largest absolute Gasteiger partial charge is 0.344 e. The predicted molar refractivity (Wildman–Crippen MR) is 244 cm³/mol. The summed E-state index contributed by atoms with van der Waals surface area (Å²) in [4.78, 5) is 10.4. The first-order valence-electron chi connectivity index (χ1n) is 19.2. The van der Waals surface area contributed by atoms with Gasteiger partial charge in [0, 0.05) is 73.5 Å². The molecule has 1 aliphatic heterocycles. The zero-order valence-electron chi connectivity index (χ0n) is 30.6. The van der Waals surface area contributed by atoms with Crippen molar-refractivity contribution < 1.29 is 0 Å². The third-order valence-corrected chi connectivity index (χ3v) is 13.6. The Morgan fingerprint density at radius 2 is 1.16 bits per heavy atom. The Labute approximate surface area is 336 Å². The highest BCUT2D eigenvalue weighted by atomic mass is 32.1. The van der Waals surface area contributed by atoms with E-state index in [9.17, 15) is 0 Å². The van der Waals surface area contributed by atoms with Gasteiger partial charge in [0.25, 0.3) is 0 Å². The van der Waals surface area contributed by atoms with Crippen LogP contribution in [0.3, 0.4) is 0 Å². The minimum atomic E-state index is -0.275. The summed E-state index contributed by atoms with van der Waals surface area (Å²) in [6.45, 7) is 0. The summed E-state index contributed by atoms with van der Waals surface area (Å²) in [6.07, 6.45) is -0.275. The Kier molecular flexibility index (Phi) is 7.30. The summed E-state index contributed by atoms with van der Waals surface area (Å²) >= 11 is 3.76. The van der Waals surface area contributed by atoms with Crippen molar-refractivity contribution in [2.45, 2.75) is 6.17 Å². The van der Waals surface area contributed by atoms with Crippen LogP contribution < -0.4 is 5.32 Å². The lowest BCUT2D eigenvalue weighted by Crippen LogP contribution is -2.33. The Hall–Kier alpha value is -6.86. The minimum Gasteiger partial charge on any atom is -0.344 e. The van der Waals surface area contributed by atoms with Gasteiger partial charge in [0.05, 0.1) is 11.0 Å². The lowest BCUT2D eigenvalue weighted by Gasteiger charge is -2.23. The fourth-order valence-corrected chi connectivity index (χ4v) is 11.0. The van der Waals surface area contributed by atoms with Crippen molar-refractivity contribution in [2.75, 3.05) is 0 Å². The number of benzene rings is 8. The van der Waals surface area contributed by atoms with Gasteiger partial charge in [-0.15, -0.1) is 22.7 Å². The maximum Gasteiger partial charge on any atom is 0.159 e. The Bertz CT molecular complexity index is 3440. The molecule has 12 rings (SSSR count). The molecule has 8 aromatic carbocycles. The number of nitrogens with one attached hydrogen (secondary N) is 1. The Morgan fingerprint density at radius 3 is 2.00 bits per heavy atom. The van der Waals surface area contributed by atoms with E-state index in [1.807, 2.05) is 34.8 Å². The van der Waals surface area contributed by atoms with Crippen molar-refractivity contribution in [3.8, 4) is 16.8 Å². The van der Waals surface area contributed by atoms with E-state index in [0.29, 0.717) is 5.84 Å². The standard InChI is InChI=1S/C51H32N4S2/c1-3-14-31(15-4-1)49-52-50(32-16-5-2-6-17-32)54-51(53-49)33-26-27-36-35-18-7-10-22-42(35)55(43(36)28-33)34-29-40-37-19-8-11-23-44(37)57-48(40)41(30-34)38-21-13-25-46-47(38)39-20-9-12-24-45(39)56-46/h1-30,49H,(H,52,53,54). The summed E-state index contributed by atoms with van der Waals surface area (Å²) in [7, 11) is 0. The van der Waals surface area contributed by atoms with Gasteiger partial charge in [-0.3, -0.25) is 0 Å². The number of thiophene rings is 2. The first kappa shape index (κ1) is 32.4. The first-order chi connectivity index (χ1) is 28.2. The van der Waals surface area contributed by atoms with Crippen LogP contribution in [0, 0.1) is 0 Å². The molecule has 4 heterocycles. The van der Waals surface area contributed by atoms with E-state index in [1.54, 1.807) is 0 Å². The van der Waals surface area contributed by atoms with Gasteiger partial charge in [0.2, 0.25) is 0 Å². The number of aliphatic imine (C=N–C) groups is 2. The van der Waals surface area contributed by atoms with Crippen LogP contribution in [0.4, 0.5) is 0 Å². The van der Waals surface area contributed by atoms with E-state index in [-0.39, 0.29) is 6.17 Å². The van der Waals surface area contributed by atoms with Gasteiger partial charge < -0.3 is 9.88 Å². The van der Waals surface area contributed by atoms with Crippen molar-refractivity contribution in [1.82, 2.24) is 9.88 Å². The van der Waals surface area contributed by atoms with Crippen LogP contribution in [-0.2, 0) is 0 Å². The van der Waals surface area contributed by atoms with Gasteiger partial charge >= 0.3 is 0 Å². The highest BCUT2D eigenvalue weighted by molar-refractivity contribution is 7.26. The van der Waals surface area contributed by atoms with Gasteiger partial charge in [-0.05, 0) is 53.6 Å². The fraction of sp³-hybridized carbons (Fsp3) is 0.0196. The van der Waals surface area contributed by atoms with Crippen LogP contribution >= 0.6 is 22.7 Å². The molecule has 268 valence electrons. The maximum absolute atomic E-state index is 5.24. The average molecular weight is 765 g/mol. The zero-order chi connectivity index (χ0) is 37.5. The van der Waals surface area contributed by atoms with Crippen LogP contribution in [0.15, 0.2) is 192 Å². The second-order valence-corrected chi connectivity index (χ2v) is 16.7. The van der Waals surface area contributed by atoms with E-state index >= 15 is 0 Å². The third-order valence-electron chi connectivity index (χ3n) is 11.3. The number of amidine groups is 2. The second-order valence-electron chi connectivity index (χ2n) is 14.6. The van der Waals surface area contributed by atoms with Crippen LogP contribution in [0.5, 0.6) is 0 Å². The van der Waals surface area contributed by atoms with Gasteiger partial charge in [-0.25, -0.2) is 9.98 Å². The molecule has 1 atom stereocenters. The monoisotopic (exact) mass is 764 g/mol. The molecule has 0 saturated heterocycles. The van der Waals surface area contributed by atoms with E-state index < -0.39 is 0 Å². The van der Waals surface area contributed by atoms with Crippen molar-refractivity contribution in [3.05, 3.63) is 199 Å². The molecule has 3 aromatic heterocycles. The van der Waals surface area contributed by atoms with Gasteiger partial charge in [-0.2, -0.15) is 0 Å². The predicted octanol–water partition coefficient (Wildman–Crippen LogP) is 13.7. The minimum absolute atomic E-state index is 0.275. The number of para-hydroxylation sites is 1. The summed E-state index contributed by atoms with van der Waals surface area (Å²) in [5, 5.41) is 11.2. The van der Waals surface area contributed by atoms with Gasteiger partial charge in [0.15, 0.2) is 5.84 Å². The normalized spacial score (nSPS) is 14.5. The molecule has 11 aromatic rings. The van der Waals surface area contributed by atoms with E-state index in [4.69, 9.17) is 9.98 Å². The van der Waals surface area contributed by atoms with E-state index in [0.717, 1.165) is 39.2 Å². The molecule has 1 unspecified atom stereocenters. The average Bonchev–Trinajstić information content (AvgIpc) is 3.96. The van der Waals surface area contributed by atoms with Crippen molar-refractivity contribution in [2.24, 2.45) is 9.98 Å². The molecule has 0 fully saturated rings. The van der Waals surface area contributed by atoms with Crippen LogP contribution in [0.2, 0.25) is 0 Å². The number of hydrogen-bond donors (Lipinski definition) is 1. The number of aromatic nitrogens is 1. The topological polar surface area (TPSA) is 41.7 Å². The summed E-state index contributed by atoms with van der Waals surface area (Å²) in [6, 6.07) is 65.5. The SMILES string of the molecule is c1ccc(C2=NC(c3ccc4c5ccccc5n(-c5cc(-c6cccc7sc8ccccc8c67)c6sc7ccccc7c6c5)c4c3)=NC(c3ccccc3)N2)cc1. The third kappa shape index (κ3) is 5.18. The quantitative estimate of drug-likeness (QED) is 0.186. The first-order valence-corrected chi connectivity index (χ1v) is 20.8. The van der Waals surface area contributed by atoms with Crippen molar-refractivity contribution in [3.63, 3.8) is 0 Å². The molecular formula is C51H32N4S2. The second kappa shape index (κ2) is 12.8. The molecular weight excluding hydrogens is 733 g/mol. The molecule has 1 aliphatic rings. The molecule has 6 heteroatoms. The maximum atomic E-state index is 5.24. The smallest absolute Gasteiger partial charge is 0.159 e. The molecule has 0 aliphatic carbocycles. The number of hydrogen-bond acceptors (Lipinski definition) is 5. The number of nitrogens with zero attached hydrogens (tertiary/aromatic N) is 3. The lowest BCUT2D eigenvalue weighted by molar-refractivity contribution is 0.674. The van der Waals surface area contributed by atoms with Crippen molar-refractivity contribution in [1.29, 1.82) is 0 Å². The lowest BCUT2D eigenvalue weighted by atomic mass is 9.97. The molecule has 4 nitrogen and oxygen atoms in total. The Morgan fingerprint density at radius 1 is 0.474 bits per heavy atom. The van der Waals surface area contributed by atoms with Crippen molar-refractivity contribution >= 4 is 96.5 Å². The fourth-order valence-electron chi connectivity index (χ4n) is 8.66. The molecule has 57 heavy (non-hydrogen) atoms. The van der Waals surface area contributed by atoms with E-state index in [1.165, 1.54) is 62.2 Å². The highest BCUT2D eigenvalue weighted by Gasteiger charge is 2.23. The molecule has 0 bridgehead atoms. The van der Waals surface area contributed by atoms with Crippen LogP contribution in [0.25, 0.3) is 79.0 Å². The zero-order valence-corrected chi connectivity index (χ0v) is 32.2. The summed E-state index contributed by atoms with van der Waals surface area (Å²) < 4.78 is 7.67. The molecule has 0 radical (unpaired) electrons. The summed E-state index contributed by atoms with van der Waals surface area (Å²) in [5.41, 5.74) is 9.02. The van der Waals surface area contributed by atoms with Crippen LogP contribution in [0.1, 0.15) is 22.9 Å². The molecule has 0 amide bonds. The van der Waals surface area contributed by atoms with Gasteiger partial charge in [0.1, 0.15) is 12.0 Å². The molecule has 1 N–H and O–H groups in total. The molecule has 0 saturated carbocycles. The summed E-state index contributed by atoms with van der Waals surface area (Å²) in [5.74, 6) is 1.51. The highest BCUT2D eigenvalue weighted by Crippen LogP contribution is 2.47. The molecule has 0 spiro atoms. The van der Waals surface area contributed by atoms with Gasteiger partial charge in [-0.1, -0.05) is 140 Å². The number of rotatable bonds is 5. The van der Waals surface area contributed by atoms with E-state index in [2.05, 4.69) is 180 Å². The van der Waals surface area contributed by atoms with Crippen LogP contribution in [-0.4, -0.2) is 16.2 Å². The Balaban J connectivity index is 1.13.